The first-order valence-electron chi connectivity index (χ1n) is 5.06. The lowest BCUT2D eigenvalue weighted by Gasteiger charge is -2.01. The molecule has 0 saturated carbocycles. The Morgan fingerprint density at radius 3 is 2.53 bits per heavy atom. The van der Waals surface area contributed by atoms with E-state index in [4.69, 9.17) is 0 Å². The Kier molecular flexibility index (Phi) is 4.91. The van der Waals surface area contributed by atoms with Crippen LogP contribution >= 0.6 is 0 Å². The maximum absolute atomic E-state index is 10.8. The van der Waals surface area contributed by atoms with Crippen LogP contribution in [0.3, 0.4) is 0 Å². The van der Waals surface area contributed by atoms with Crippen LogP contribution in [0.15, 0.2) is 48.1 Å². The van der Waals surface area contributed by atoms with Gasteiger partial charge in [0.05, 0.1) is 15.9 Å². The monoisotopic (exact) mass is 262 g/mol. The molecule has 98 valence electrons. The van der Waals surface area contributed by atoms with Gasteiger partial charge in [-0.05, 0) is 12.1 Å². The van der Waals surface area contributed by atoms with Gasteiger partial charge in [0, 0.05) is 12.3 Å². The van der Waals surface area contributed by atoms with Crippen LogP contribution in [-0.2, 0) is 0 Å². The quantitative estimate of drug-likeness (QED) is 0.366. The third-order valence-electron chi connectivity index (χ3n) is 1.98. The second-order valence-corrected chi connectivity index (χ2v) is 3.23. The van der Waals surface area contributed by atoms with Gasteiger partial charge in [0.1, 0.15) is 5.69 Å². The van der Waals surface area contributed by atoms with E-state index in [0.717, 1.165) is 12.1 Å². The average molecular weight is 262 g/mol. The van der Waals surface area contributed by atoms with Gasteiger partial charge in [-0.1, -0.05) is 18.7 Å². The van der Waals surface area contributed by atoms with E-state index in [1.165, 1.54) is 12.3 Å². The Bertz CT molecular complexity index is 566. The summed E-state index contributed by atoms with van der Waals surface area (Å²) in [6.07, 6.45) is 6.10. The number of non-ortho nitro benzene ring substituents is 1. The van der Waals surface area contributed by atoms with Crippen LogP contribution in [0.2, 0.25) is 0 Å². The fourth-order valence-corrected chi connectivity index (χ4v) is 1.16. The van der Waals surface area contributed by atoms with Gasteiger partial charge in [-0.15, -0.1) is 0 Å². The second-order valence-electron chi connectivity index (χ2n) is 3.23. The normalized spacial score (nSPS) is 10.7. The Labute approximate surface area is 108 Å². The molecule has 19 heavy (non-hydrogen) atoms. The minimum absolute atomic E-state index is 0.0684. The van der Waals surface area contributed by atoms with E-state index in [-0.39, 0.29) is 11.4 Å². The Morgan fingerprint density at radius 1 is 1.21 bits per heavy atom. The number of benzene rings is 1. The van der Waals surface area contributed by atoms with E-state index in [1.54, 1.807) is 18.2 Å². The molecular weight excluding hydrogens is 252 g/mol. The second kappa shape index (κ2) is 6.64. The van der Waals surface area contributed by atoms with Crippen molar-refractivity contribution in [2.75, 3.05) is 5.43 Å². The van der Waals surface area contributed by atoms with Crippen molar-refractivity contribution >= 4 is 23.3 Å². The maximum Gasteiger partial charge on any atom is 0.301 e. The van der Waals surface area contributed by atoms with Gasteiger partial charge in [0.25, 0.3) is 5.69 Å². The molecule has 0 unspecified atom stereocenters. The van der Waals surface area contributed by atoms with Crippen molar-refractivity contribution in [3.05, 3.63) is 63.2 Å². The summed E-state index contributed by atoms with van der Waals surface area (Å²) >= 11 is 0. The molecule has 0 aromatic heterocycles. The molecule has 0 bridgehead atoms. The summed E-state index contributed by atoms with van der Waals surface area (Å²) in [4.78, 5) is 19.9. The molecule has 0 amide bonds. The summed E-state index contributed by atoms with van der Waals surface area (Å²) in [7, 11) is 0. The molecule has 0 aliphatic heterocycles. The van der Waals surface area contributed by atoms with Gasteiger partial charge in [0.2, 0.25) is 0 Å². The topological polar surface area (TPSA) is 111 Å². The third kappa shape index (κ3) is 4.04. The summed E-state index contributed by atoms with van der Waals surface area (Å²) in [5, 5.41) is 25.0. The first kappa shape index (κ1) is 14.0. The molecule has 0 atom stereocenters. The number of nitrogens with one attached hydrogen (secondary N) is 1. The van der Waals surface area contributed by atoms with Gasteiger partial charge in [-0.25, -0.2) is 0 Å². The van der Waals surface area contributed by atoms with Crippen LogP contribution in [0.4, 0.5) is 17.1 Å². The SMILES string of the molecule is C=C/C=C/C=N/Nc1ccc([N+](=O)[O-])cc1[N+](=O)[O-]. The standard InChI is InChI=1S/C11H10N4O4/c1-2-3-4-7-12-13-10-6-5-9(14(16)17)8-11(10)15(18)19/h2-8,13H,1H2/b4-3+,12-7+. The summed E-state index contributed by atoms with van der Waals surface area (Å²) in [6.45, 7) is 3.46. The van der Waals surface area contributed by atoms with Crippen molar-refractivity contribution in [3.63, 3.8) is 0 Å². The summed E-state index contributed by atoms with van der Waals surface area (Å²) in [6, 6.07) is 3.26. The van der Waals surface area contributed by atoms with Gasteiger partial charge in [0.15, 0.2) is 0 Å². The predicted molar refractivity (Wildman–Crippen MR) is 71.2 cm³/mol. The fraction of sp³-hybridized carbons (Fsp3) is 0. The summed E-state index contributed by atoms with van der Waals surface area (Å²) in [5.74, 6) is 0. The zero-order chi connectivity index (χ0) is 14.3. The average Bonchev–Trinajstić information content (AvgIpc) is 2.38. The highest BCUT2D eigenvalue weighted by Crippen LogP contribution is 2.28. The molecule has 0 spiro atoms. The van der Waals surface area contributed by atoms with E-state index in [2.05, 4.69) is 17.1 Å². The van der Waals surface area contributed by atoms with Crippen LogP contribution in [0.5, 0.6) is 0 Å². The van der Waals surface area contributed by atoms with E-state index in [9.17, 15) is 20.2 Å². The Morgan fingerprint density at radius 2 is 1.95 bits per heavy atom. The van der Waals surface area contributed by atoms with Crippen molar-refractivity contribution in [1.29, 1.82) is 0 Å². The van der Waals surface area contributed by atoms with E-state index < -0.39 is 15.5 Å². The highest BCUT2D eigenvalue weighted by atomic mass is 16.6. The molecule has 1 aromatic carbocycles. The molecule has 1 aromatic rings. The number of nitrogens with zero attached hydrogens (tertiary/aromatic N) is 3. The van der Waals surface area contributed by atoms with Crippen LogP contribution in [0.25, 0.3) is 0 Å². The van der Waals surface area contributed by atoms with Crippen LogP contribution < -0.4 is 5.43 Å². The number of anilines is 1. The molecule has 0 saturated heterocycles. The van der Waals surface area contributed by atoms with Gasteiger partial charge in [-0.2, -0.15) is 5.10 Å². The number of allylic oxidation sites excluding steroid dienone is 3. The number of hydrogen-bond acceptors (Lipinski definition) is 6. The molecule has 0 radical (unpaired) electrons. The van der Waals surface area contributed by atoms with Crippen molar-refractivity contribution in [1.82, 2.24) is 0 Å². The maximum atomic E-state index is 10.8. The number of nitro groups is 2. The largest absolute Gasteiger partial charge is 0.301 e. The molecule has 0 aliphatic carbocycles. The van der Waals surface area contributed by atoms with Crippen molar-refractivity contribution < 1.29 is 9.85 Å². The Hall–Kier alpha value is -3.03. The van der Waals surface area contributed by atoms with Crippen LogP contribution in [-0.4, -0.2) is 16.1 Å². The molecule has 0 aliphatic rings. The minimum atomic E-state index is -0.718. The molecule has 1 N–H and O–H groups in total. The van der Waals surface area contributed by atoms with E-state index in [0.29, 0.717) is 0 Å². The lowest BCUT2D eigenvalue weighted by molar-refractivity contribution is -0.393. The lowest BCUT2D eigenvalue weighted by Crippen LogP contribution is -1.98. The number of hydrogen-bond donors (Lipinski definition) is 1. The number of rotatable bonds is 6. The minimum Gasteiger partial charge on any atom is -0.272 e. The summed E-state index contributed by atoms with van der Waals surface area (Å²) < 4.78 is 0. The fourth-order valence-electron chi connectivity index (χ4n) is 1.16. The van der Waals surface area contributed by atoms with Crippen LogP contribution in [0.1, 0.15) is 0 Å². The molecular formula is C11H10N4O4. The zero-order valence-electron chi connectivity index (χ0n) is 9.72. The highest BCUT2D eigenvalue weighted by molar-refractivity contribution is 5.73. The lowest BCUT2D eigenvalue weighted by atomic mass is 10.2. The van der Waals surface area contributed by atoms with E-state index in [1.807, 2.05) is 0 Å². The zero-order valence-corrected chi connectivity index (χ0v) is 9.72. The third-order valence-corrected chi connectivity index (χ3v) is 1.98. The van der Waals surface area contributed by atoms with E-state index >= 15 is 0 Å². The molecule has 0 fully saturated rings. The predicted octanol–water partition coefficient (Wildman–Crippen LogP) is 2.64. The van der Waals surface area contributed by atoms with Crippen molar-refractivity contribution in [2.24, 2.45) is 5.10 Å². The first-order valence-corrected chi connectivity index (χ1v) is 5.06. The molecule has 0 heterocycles. The number of hydrazone groups is 1. The van der Waals surface area contributed by atoms with Gasteiger partial charge in [-0.3, -0.25) is 25.7 Å². The van der Waals surface area contributed by atoms with Gasteiger partial charge >= 0.3 is 5.69 Å². The first-order chi connectivity index (χ1) is 9.06. The van der Waals surface area contributed by atoms with Gasteiger partial charge < -0.3 is 0 Å². The molecule has 1 rings (SSSR count). The molecule has 8 heteroatoms. The smallest absolute Gasteiger partial charge is 0.272 e. The highest BCUT2D eigenvalue weighted by Gasteiger charge is 2.18. The van der Waals surface area contributed by atoms with Crippen LogP contribution in [0, 0.1) is 20.2 Å². The molecule has 8 nitrogen and oxygen atoms in total. The Balaban J connectivity index is 2.97. The summed E-state index contributed by atoms with van der Waals surface area (Å²) in [5.41, 5.74) is 1.74. The van der Waals surface area contributed by atoms with Crippen molar-refractivity contribution in [3.8, 4) is 0 Å². The van der Waals surface area contributed by atoms with Crippen molar-refractivity contribution in [2.45, 2.75) is 0 Å². The number of nitro benzene ring substituents is 2.